The first-order valence-electron chi connectivity index (χ1n) is 14.7. The van der Waals surface area contributed by atoms with Gasteiger partial charge in [-0.2, -0.15) is 0 Å². The van der Waals surface area contributed by atoms with Crippen LogP contribution in [-0.2, 0) is 14.4 Å². The second-order valence-electron chi connectivity index (χ2n) is 13.0. The number of nitrogens with one attached hydrogen (secondary N) is 2. The molecule has 1 fully saturated rings. The molecule has 2 unspecified atom stereocenters. The number of carbonyl (C=O) groups excluding carboxylic acids is 2. The monoisotopic (exact) mass is 564 g/mol. The fourth-order valence-corrected chi connectivity index (χ4v) is 7.40. The lowest BCUT2D eigenvalue weighted by atomic mass is 9.53. The molecule has 1 aliphatic rings. The molecule has 1 saturated carbocycles. The average molecular weight is 565 g/mol. The number of amides is 2. The van der Waals surface area contributed by atoms with Crippen LogP contribution in [0.15, 0.2) is 84.9 Å². The van der Waals surface area contributed by atoms with Gasteiger partial charge >= 0.3 is 5.97 Å². The quantitative estimate of drug-likeness (QED) is 0.219. The van der Waals surface area contributed by atoms with E-state index >= 15 is 0 Å². The van der Waals surface area contributed by atoms with Gasteiger partial charge in [0, 0.05) is 10.8 Å². The smallest absolute Gasteiger partial charge is 0.309 e. The summed E-state index contributed by atoms with van der Waals surface area (Å²) in [5.74, 6) is -1.48. The minimum absolute atomic E-state index is 0.144. The van der Waals surface area contributed by atoms with Gasteiger partial charge in [0.25, 0.3) is 0 Å². The van der Waals surface area contributed by atoms with Crippen LogP contribution in [0.25, 0.3) is 21.5 Å². The van der Waals surface area contributed by atoms with E-state index in [0.29, 0.717) is 0 Å². The fourth-order valence-electron chi connectivity index (χ4n) is 7.40. The Hall–Kier alpha value is -4.19. The summed E-state index contributed by atoms with van der Waals surface area (Å²) in [6.45, 7) is 9.16. The Morgan fingerprint density at radius 2 is 0.952 bits per heavy atom. The summed E-state index contributed by atoms with van der Waals surface area (Å²) in [7, 11) is 0. The maximum Gasteiger partial charge on any atom is 0.309 e. The van der Waals surface area contributed by atoms with E-state index in [1.165, 1.54) is 0 Å². The number of fused-ring (bicyclic) bond motifs is 2. The first-order valence-corrected chi connectivity index (χ1v) is 14.7. The van der Waals surface area contributed by atoms with Crippen LogP contribution in [0.1, 0.15) is 77.1 Å². The van der Waals surface area contributed by atoms with Crippen LogP contribution in [-0.4, -0.2) is 22.9 Å². The minimum Gasteiger partial charge on any atom is -0.481 e. The third-order valence-electron chi connectivity index (χ3n) is 9.23. The van der Waals surface area contributed by atoms with Crippen molar-refractivity contribution in [1.82, 2.24) is 10.6 Å². The summed E-state index contributed by atoms with van der Waals surface area (Å²) in [6, 6.07) is 27.5. The van der Waals surface area contributed by atoms with Crippen molar-refractivity contribution in [2.75, 3.05) is 0 Å². The second-order valence-corrected chi connectivity index (χ2v) is 13.0. The highest BCUT2D eigenvalue weighted by atomic mass is 16.4. The summed E-state index contributed by atoms with van der Waals surface area (Å²) >= 11 is 0. The fraction of sp³-hybridized carbons (Fsp3) is 0.361. The van der Waals surface area contributed by atoms with Crippen LogP contribution < -0.4 is 10.6 Å². The van der Waals surface area contributed by atoms with Gasteiger partial charge in [-0.1, -0.05) is 98.8 Å². The number of carboxylic acid groups (broad SMARTS) is 1. The average Bonchev–Trinajstić information content (AvgIpc) is 2.95. The highest BCUT2D eigenvalue weighted by Crippen LogP contribution is 2.55. The standard InChI is InChI=1S/C36H40N2O4/c1-23(27-18-10-14-25-12-6-8-16-29(25)27)37-31(39)34(3)20-35(4,22-36(5,21-34)33(41)42)32(40)38-24(2)28-19-11-15-26-13-7-9-17-30(26)28/h6-19,23-24H,20-22H2,1-5H3,(H,37,39)(H,38,40)(H,41,42)/t23-,24-,34?,35?,36?/m1/s1. The van der Waals surface area contributed by atoms with Crippen molar-refractivity contribution < 1.29 is 19.5 Å². The van der Waals surface area contributed by atoms with E-state index in [2.05, 4.69) is 10.6 Å². The summed E-state index contributed by atoms with van der Waals surface area (Å²) < 4.78 is 0. The highest BCUT2D eigenvalue weighted by molar-refractivity contribution is 5.91. The topological polar surface area (TPSA) is 95.5 Å². The molecule has 0 aromatic heterocycles. The highest BCUT2D eigenvalue weighted by Gasteiger charge is 2.58. The molecule has 4 aromatic carbocycles. The molecule has 4 aromatic rings. The van der Waals surface area contributed by atoms with Gasteiger partial charge in [-0.05, 0) is 72.7 Å². The molecule has 0 heterocycles. The normalized spacial score (nSPS) is 25.5. The van der Waals surface area contributed by atoms with Gasteiger partial charge in [0.05, 0.1) is 17.5 Å². The Morgan fingerprint density at radius 3 is 1.36 bits per heavy atom. The molecule has 1 aliphatic carbocycles. The van der Waals surface area contributed by atoms with Gasteiger partial charge in [-0.3, -0.25) is 14.4 Å². The van der Waals surface area contributed by atoms with E-state index in [-0.39, 0.29) is 43.2 Å². The number of hydrogen-bond donors (Lipinski definition) is 3. The second kappa shape index (κ2) is 10.9. The molecule has 5 rings (SSSR count). The predicted molar refractivity (Wildman–Crippen MR) is 167 cm³/mol. The first kappa shape index (κ1) is 29.3. The van der Waals surface area contributed by atoms with Crippen molar-refractivity contribution >= 4 is 39.3 Å². The molecule has 0 bridgehead atoms. The van der Waals surface area contributed by atoms with Crippen molar-refractivity contribution in [2.24, 2.45) is 16.2 Å². The Morgan fingerprint density at radius 1 is 0.595 bits per heavy atom. The van der Waals surface area contributed by atoms with Crippen molar-refractivity contribution in [1.29, 1.82) is 0 Å². The Kier molecular flexibility index (Phi) is 7.61. The number of carbonyl (C=O) groups is 3. The van der Waals surface area contributed by atoms with Crippen LogP contribution in [0.5, 0.6) is 0 Å². The zero-order valence-corrected chi connectivity index (χ0v) is 25.0. The van der Waals surface area contributed by atoms with Gasteiger partial charge in [0.15, 0.2) is 0 Å². The summed E-state index contributed by atoms with van der Waals surface area (Å²) in [4.78, 5) is 40.6. The van der Waals surface area contributed by atoms with Gasteiger partial charge in [0.2, 0.25) is 11.8 Å². The number of aliphatic carboxylic acids is 1. The van der Waals surface area contributed by atoms with Crippen LogP contribution in [0.3, 0.4) is 0 Å². The molecule has 0 aliphatic heterocycles. The van der Waals surface area contributed by atoms with Gasteiger partial charge < -0.3 is 15.7 Å². The molecule has 218 valence electrons. The lowest BCUT2D eigenvalue weighted by Gasteiger charge is -2.49. The Labute approximate surface area is 247 Å². The molecule has 4 atom stereocenters. The van der Waals surface area contributed by atoms with Crippen LogP contribution >= 0.6 is 0 Å². The van der Waals surface area contributed by atoms with E-state index in [1.807, 2.05) is 98.8 Å². The molecular weight excluding hydrogens is 524 g/mol. The summed E-state index contributed by atoms with van der Waals surface area (Å²) in [6.07, 6.45) is 0.529. The van der Waals surface area contributed by atoms with Crippen molar-refractivity contribution in [3.05, 3.63) is 96.1 Å². The molecule has 42 heavy (non-hydrogen) atoms. The van der Waals surface area contributed by atoms with Crippen LogP contribution in [0.2, 0.25) is 0 Å². The number of carboxylic acids is 1. The molecule has 2 amide bonds. The zero-order chi connectivity index (χ0) is 30.3. The van der Waals surface area contributed by atoms with E-state index < -0.39 is 22.2 Å². The van der Waals surface area contributed by atoms with E-state index in [4.69, 9.17) is 0 Å². The molecule has 6 nitrogen and oxygen atoms in total. The lowest BCUT2D eigenvalue weighted by molar-refractivity contribution is -0.164. The van der Waals surface area contributed by atoms with Crippen LogP contribution in [0, 0.1) is 16.2 Å². The van der Waals surface area contributed by atoms with Gasteiger partial charge in [-0.25, -0.2) is 0 Å². The third kappa shape index (κ3) is 5.38. The van der Waals surface area contributed by atoms with Gasteiger partial charge in [0.1, 0.15) is 0 Å². The molecule has 0 radical (unpaired) electrons. The van der Waals surface area contributed by atoms with Crippen molar-refractivity contribution in [3.63, 3.8) is 0 Å². The van der Waals surface area contributed by atoms with Crippen molar-refractivity contribution in [3.8, 4) is 0 Å². The van der Waals surface area contributed by atoms with E-state index in [9.17, 15) is 19.5 Å². The lowest BCUT2D eigenvalue weighted by Crippen LogP contribution is -2.56. The Bertz CT molecular complexity index is 1560. The minimum atomic E-state index is -1.25. The maximum absolute atomic E-state index is 14.0. The number of rotatable bonds is 7. The molecule has 3 N–H and O–H groups in total. The van der Waals surface area contributed by atoms with Crippen molar-refractivity contribution in [2.45, 2.75) is 66.0 Å². The SMILES string of the molecule is C[C@@H](NC(=O)C1(C)CC(C)(C(=O)O)CC(C)(C(=O)N[C@H](C)c2cccc3ccccc23)C1)c1cccc2ccccc12. The summed E-state index contributed by atoms with van der Waals surface area (Å²) in [5, 5.41) is 21.0. The molecule has 6 heteroatoms. The molecular formula is C36H40N2O4. The van der Waals surface area contributed by atoms with E-state index in [0.717, 1.165) is 32.7 Å². The molecule has 0 spiro atoms. The number of benzene rings is 4. The molecule has 0 saturated heterocycles. The maximum atomic E-state index is 14.0. The van der Waals surface area contributed by atoms with Gasteiger partial charge in [-0.15, -0.1) is 0 Å². The predicted octanol–water partition coefficient (Wildman–Crippen LogP) is 7.34. The third-order valence-corrected chi connectivity index (χ3v) is 9.23. The van der Waals surface area contributed by atoms with Crippen LogP contribution in [0.4, 0.5) is 0 Å². The Balaban J connectivity index is 1.41. The largest absolute Gasteiger partial charge is 0.481 e. The number of hydrogen-bond acceptors (Lipinski definition) is 3. The first-order chi connectivity index (χ1) is 19.9. The van der Waals surface area contributed by atoms with E-state index in [1.54, 1.807) is 20.8 Å². The summed E-state index contributed by atoms with van der Waals surface area (Å²) in [5.41, 5.74) is -1.41. The zero-order valence-electron chi connectivity index (χ0n) is 25.0.